The zero-order chi connectivity index (χ0) is 19.9. The molecule has 4 aliphatic rings. The van der Waals surface area contributed by atoms with Crippen molar-refractivity contribution in [2.75, 3.05) is 20.3 Å². The van der Waals surface area contributed by atoms with Crippen molar-refractivity contribution in [1.29, 1.82) is 0 Å². The molecular weight excluding hydrogens is 348 g/mol. The van der Waals surface area contributed by atoms with E-state index in [2.05, 4.69) is 20.8 Å². The molecule has 3 unspecified atom stereocenters. The zero-order valence-corrected chi connectivity index (χ0v) is 18.8. The SMILES string of the molecule is CCCCOC[C@H]1CCC2[C@@H]3C[C@@H](OC)C4C[C@@H](O)CC[C@]4(C)C3CC[C@@]21C. The lowest BCUT2D eigenvalue weighted by molar-refractivity contribution is -0.179. The van der Waals surface area contributed by atoms with Crippen LogP contribution < -0.4 is 0 Å². The molecule has 9 atom stereocenters. The summed E-state index contributed by atoms with van der Waals surface area (Å²) in [6.45, 7) is 9.30. The lowest BCUT2D eigenvalue weighted by Crippen LogP contribution is -2.58. The van der Waals surface area contributed by atoms with Crippen molar-refractivity contribution in [1.82, 2.24) is 0 Å². The summed E-state index contributed by atoms with van der Waals surface area (Å²) in [5.74, 6) is 3.76. The van der Waals surface area contributed by atoms with Crippen molar-refractivity contribution >= 4 is 0 Å². The number of fused-ring (bicyclic) bond motifs is 5. The van der Waals surface area contributed by atoms with E-state index >= 15 is 0 Å². The molecule has 0 saturated heterocycles. The van der Waals surface area contributed by atoms with E-state index in [1.54, 1.807) is 0 Å². The second-order valence-electron chi connectivity index (χ2n) is 11.2. The van der Waals surface area contributed by atoms with Crippen LogP contribution in [0.25, 0.3) is 0 Å². The van der Waals surface area contributed by atoms with E-state index in [4.69, 9.17) is 9.47 Å². The summed E-state index contributed by atoms with van der Waals surface area (Å²) >= 11 is 0. The number of hydrogen-bond acceptors (Lipinski definition) is 3. The van der Waals surface area contributed by atoms with Gasteiger partial charge in [0.15, 0.2) is 0 Å². The van der Waals surface area contributed by atoms with Crippen molar-refractivity contribution in [2.45, 2.75) is 97.2 Å². The minimum absolute atomic E-state index is 0.114. The van der Waals surface area contributed by atoms with Crippen molar-refractivity contribution in [3.63, 3.8) is 0 Å². The van der Waals surface area contributed by atoms with Gasteiger partial charge in [0.1, 0.15) is 0 Å². The first-order valence-electron chi connectivity index (χ1n) is 12.2. The highest BCUT2D eigenvalue weighted by Crippen LogP contribution is 2.67. The van der Waals surface area contributed by atoms with Gasteiger partial charge in [0.05, 0.1) is 12.2 Å². The quantitative estimate of drug-likeness (QED) is 0.611. The topological polar surface area (TPSA) is 38.7 Å². The second-order valence-corrected chi connectivity index (χ2v) is 11.2. The van der Waals surface area contributed by atoms with Gasteiger partial charge in [0.2, 0.25) is 0 Å². The number of hydrogen-bond donors (Lipinski definition) is 1. The number of rotatable bonds is 6. The molecule has 0 spiro atoms. The Morgan fingerprint density at radius 3 is 2.43 bits per heavy atom. The fraction of sp³-hybridized carbons (Fsp3) is 1.00. The van der Waals surface area contributed by atoms with Crippen LogP contribution >= 0.6 is 0 Å². The summed E-state index contributed by atoms with van der Waals surface area (Å²) in [4.78, 5) is 0. The van der Waals surface area contributed by atoms with Crippen LogP contribution in [0.5, 0.6) is 0 Å². The van der Waals surface area contributed by atoms with Gasteiger partial charge < -0.3 is 14.6 Å². The van der Waals surface area contributed by atoms with Gasteiger partial charge in [-0.15, -0.1) is 0 Å². The van der Waals surface area contributed by atoms with Crippen LogP contribution in [-0.4, -0.2) is 37.6 Å². The van der Waals surface area contributed by atoms with Crippen LogP contribution in [0.3, 0.4) is 0 Å². The van der Waals surface area contributed by atoms with Crippen molar-refractivity contribution in [2.24, 2.45) is 40.4 Å². The molecular formula is C25H44O3. The Labute approximate surface area is 172 Å². The van der Waals surface area contributed by atoms with Crippen LogP contribution in [0, 0.1) is 40.4 Å². The average Bonchev–Trinajstić information content (AvgIpc) is 3.02. The number of aliphatic hydroxyl groups excluding tert-OH is 1. The molecule has 4 saturated carbocycles. The summed E-state index contributed by atoms with van der Waals surface area (Å²) < 4.78 is 12.2. The Morgan fingerprint density at radius 2 is 1.68 bits per heavy atom. The first kappa shape index (κ1) is 21.1. The van der Waals surface area contributed by atoms with E-state index in [0.29, 0.717) is 22.9 Å². The van der Waals surface area contributed by atoms with Gasteiger partial charge in [-0.25, -0.2) is 0 Å². The highest BCUT2D eigenvalue weighted by Gasteiger charge is 2.62. The fourth-order valence-corrected chi connectivity index (χ4v) is 8.36. The lowest BCUT2D eigenvalue weighted by Gasteiger charge is -2.62. The highest BCUT2D eigenvalue weighted by molar-refractivity contribution is 5.11. The Kier molecular flexibility index (Phi) is 6.18. The van der Waals surface area contributed by atoms with Crippen molar-refractivity contribution in [3.05, 3.63) is 0 Å². The van der Waals surface area contributed by atoms with Gasteiger partial charge >= 0.3 is 0 Å². The van der Waals surface area contributed by atoms with E-state index in [1.807, 2.05) is 7.11 Å². The largest absolute Gasteiger partial charge is 0.393 e. The first-order chi connectivity index (χ1) is 13.4. The summed E-state index contributed by atoms with van der Waals surface area (Å²) in [6.07, 6.45) is 12.5. The third-order valence-electron chi connectivity index (χ3n) is 10.1. The van der Waals surface area contributed by atoms with E-state index in [9.17, 15) is 5.11 Å². The van der Waals surface area contributed by atoms with Crippen LogP contribution in [0.4, 0.5) is 0 Å². The molecule has 0 aromatic rings. The molecule has 0 aromatic carbocycles. The van der Waals surface area contributed by atoms with Crippen molar-refractivity contribution in [3.8, 4) is 0 Å². The molecule has 0 bridgehead atoms. The number of aliphatic hydroxyl groups is 1. The molecule has 3 heteroatoms. The minimum Gasteiger partial charge on any atom is -0.393 e. The van der Waals surface area contributed by atoms with E-state index < -0.39 is 0 Å². The van der Waals surface area contributed by atoms with E-state index in [1.165, 1.54) is 51.4 Å². The molecule has 28 heavy (non-hydrogen) atoms. The average molecular weight is 393 g/mol. The molecule has 0 heterocycles. The van der Waals surface area contributed by atoms with Gasteiger partial charge in [-0.1, -0.05) is 27.2 Å². The van der Waals surface area contributed by atoms with Gasteiger partial charge in [-0.05, 0) is 98.2 Å². The maximum absolute atomic E-state index is 10.3. The normalized spacial score (nSPS) is 50.7. The standard InChI is InChI=1S/C25H44O3/c1-5-6-13-28-16-17-7-8-20-19-15-23(27-4)22-14-18(26)9-11-25(22,3)21(19)10-12-24(17,20)2/h17-23,26H,5-16H2,1-4H3/t17-,18+,19+,20?,21?,22?,23-,24-,25-/m1/s1. The molecule has 0 aliphatic heterocycles. The molecule has 162 valence electrons. The molecule has 3 nitrogen and oxygen atoms in total. The number of methoxy groups -OCH3 is 1. The molecule has 1 N–H and O–H groups in total. The molecule has 4 aliphatic carbocycles. The van der Waals surface area contributed by atoms with Crippen molar-refractivity contribution < 1.29 is 14.6 Å². The fourth-order valence-electron chi connectivity index (χ4n) is 8.36. The summed E-state index contributed by atoms with van der Waals surface area (Å²) in [6, 6.07) is 0. The van der Waals surface area contributed by atoms with Crippen LogP contribution in [0.1, 0.15) is 85.0 Å². The summed E-state index contributed by atoms with van der Waals surface area (Å²) in [7, 11) is 1.91. The first-order valence-corrected chi connectivity index (χ1v) is 12.2. The Bertz CT molecular complexity index is 536. The van der Waals surface area contributed by atoms with Gasteiger partial charge in [-0.3, -0.25) is 0 Å². The summed E-state index contributed by atoms with van der Waals surface area (Å²) in [5, 5.41) is 10.3. The van der Waals surface area contributed by atoms with E-state index in [-0.39, 0.29) is 6.10 Å². The molecule has 0 aromatic heterocycles. The lowest BCUT2D eigenvalue weighted by atomic mass is 9.44. The predicted molar refractivity (Wildman–Crippen MR) is 113 cm³/mol. The minimum atomic E-state index is -0.114. The van der Waals surface area contributed by atoms with Crippen LogP contribution in [0.15, 0.2) is 0 Å². The van der Waals surface area contributed by atoms with Crippen LogP contribution in [0.2, 0.25) is 0 Å². The summed E-state index contributed by atoms with van der Waals surface area (Å²) in [5.41, 5.74) is 0.822. The van der Waals surface area contributed by atoms with Gasteiger partial charge in [-0.2, -0.15) is 0 Å². The Morgan fingerprint density at radius 1 is 0.929 bits per heavy atom. The highest BCUT2D eigenvalue weighted by atomic mass is 16.5. The Hall–Kier alpha value is -0.120. The van der Waals surface area contributed by atoms with Crippen LogP contribution in [-0.2, 0) is 9.47 Å². The monoisotopic (exact) mass is 392 g/mol. The molecule has 0 amide bonds. The van der Waals surface area contributed by atoms with Gasteiger partial charge in [0, 0.05) is 20.3 Å². The van der Waals surface area contributed by atoms with Gasteiger partial charge in [0.25, 0.3) is 0 Å². The third kappa shape index (κ3) is 3.38. The maximum atomic E-state index is 10.3. The molecule has 4 rings (SSSR count). The second kappa shape index (κ2) is 8.19. The zero-order valence-electron chi connectivity index (χ0n) is 18.8. The molecule has 4 fully saturated rings. The van der Waals surface area contributed by atoms with E-state index in [0.717, 1.165) is 49.7 Å². The number of ether oxygens (including phenoxy) is 2. The Balaban J connectivity index is 1.52. The smallest absolute Gasteiger partial charge is 0.0608 e. The number of unbranched alkanes of at least 4 members (excludes halogenated alkanes) is 1. The third-order valence-corrected chi connectivity index (χ3v) is 10.1. The predicted octanol–water partition coefficient (Wildman–Crippen LogP) is 5.45. The molecule has 0 radical (unpaired) electrons. The maximum Gasteiger partial charge on any atom is 0.0608 e.